The molecule has 9 heteroatoms. The molecule has 2 aromatic heterocycles. The van der Waals surface area contributed by atoms with Gasteiger partial charge in [-0.25, -0.2) is 4.39 Å². The molecule has 0 fully saturated rings. The number of aliphatic hydroxyl groups is 1. The van der Waals surface area contributed by atoms with E-state index in [4.69, 9.17) is 5.11 Å². The lowest BCUT2D eigenvalue weighted by atomic mass is 9.98. The number of carbonyl (C=O) groups excluding carboxylic acids is 1. The molecule has 2 aromatic rings. The van der Waals surface area contributed by atoms with E-state index in [9.17, 15) is 19.1 Å². The number of hydrogen-bond donors (Lipinski definition) is 4. The zero-order valence-corrected chi connectivity index (χ0v) is 16.3. The van der Waals surface area contributed by atoms with Crippen LogP contribution in [0.25, 0.3) is 11.0 Å². The molecule has 0 bridgehead atoms. The van der Waals surface area contributed by atoms with Crippen LogP contribution in [-0.4, -0.2) is 51.5 Å². The monoisotopic (exact) mass is 414 g/mol. The maximum Gasteiger partial charge on any atom is 0.267 e. The molecule has 0 saturated heterocycles. The first-order chi connectivity index (χ1) is 14.5. The lowest BCUT2D eigenvalue weighted by molar-refractivity contribution is 0.0940. The van der Waals surface area contributed by atoms with Gasteiger partial charge in [0.25, 0.3) is 11.5 Å². The second-order valence-corrected chi connectivity index (χ2v) is 7.36. The number of halogens is 1. The summed E-state index contributed by atoms with van der Waals surface area (Å²) in [7, 11) is 0. The predicted molar refractivity (Wildman–Crippen MR) is 111 cm³/mol. The van der Waals surface area contributed by atoms with Crippen molar-refractivity contribution in [1.29, 1.82) is 0 Å². The van der Waals surface area contributed by atoms with Gasteiger partial charge in [0.2, 0.25) is 0 Å². The van der Waals surface area contributed by atoms with Gasteiger partial charge in [-0.15, -0.1) is 0 Å². The molecule has 4 rings (SSSR count). The van der Waals surface area contributed by atoms with E-state index in [1.165, 1.54) is 10.6 Å². The third kappa shape index (κ3) is 3.56. The van der Waals surface area contributed by atoms with Crippen LogP contribution in [0.4, 0.5) is 10.1 Å². The fraction of sp³-hybridized carbons (Fsp3) is 0.381. The third-order valence-electron chi connectivity index (χ3n) is 5.33. The number of aliphatic hydroxyl groups excluding tert-OH is 1. The van der Waals surface area contributed by atoms with Crippen molar-refractivity contribution < 1.29 is 19.4 Å². The van der Waals surface area contributed by atoms with E-state index in [-0.39, 0.29) is 24.2 Å². The molecule has 30 heavy (non-hydrogen) atoms. The number of pyridine rings is 2. The largest absolute Gasteiger partial charge is 0.505 e. The van der Waals surface area contributed by atoms with Gasteiger partial charge in [0.05, 0.1) is 17.8 Å². The van der Waals surface area contributed by atoms with Gasteiger partial charge in [0.1, 0.15) is 17.3 Å². The number of nitrogens with one attached hydrogen (secondary N) is 2. The first-order valence-corrected chi connectivity index (χ1v) is 9.92. The fourth-order valence-electron chi connectivity index (χ4n) is 3.88. The number of carbonyl (C=O) groups is 1. The van der Waals surface area contributed by atoms with Gasteiger partial charge in [-0.05, 0) is 12.0 Å². The van der Waals surface area contributed by atoms with Crippen LogP contribution in [0.2, 0.25) is 0 Å². The highest BCUT2D eigenvalue weighted by atomic mass is 19.1. The lowest BCUT2D eigenvalue weighted by Crippen LogP contribution is -2.34. The number of anilines is 1. The number of rotatable bonds is 5. The number of alkyl halides is 1. The first kappa shape index (κ1) is 20.1. The molecule has 0 saturated carbocycles. The van der Waals surface area contributed by atoms with Crippen molar-refractivity contribution in [2.24, 2.45) is 0 Å². The molecule has 0 radical (unpaired) electrons. The van der Waals surface area contributed by atoms with Gasteiger partial charge in [0.15, 0.2) is 5.75 Å². The van der Waals surface area contributed by atoms with Gasteiger partial charge in [-0.1, -0.05) is 18.2 Å². The number of aromatic hydroxyl groups is 1. The van der Waals surface area contributed by atoms with E-state index >= 15 is 0 Å². The summed E-state index contributed by atoms with van der Waals surface area (Å²) in [6.07, 6.45) is 7.23. The number of aromatic nitrogens is 2. The third-order valence-corrected chi connectivity index (χ3v) is 5.33. The molecule has 1 atom stereocenters. The molecular weight excluding hydrogens is 391 g/mol. The van der Waals surface area contributed by atoms with Crippen LogP contribution >= 0.6 is 0 Å². The summed E-state index contributed by atoms with van der Waals surface area (Å²) in [6.45, 7) is 0.670. The van der Waals surface area contributed by atoms with E-state index < -0.39 is 23.4 Å². The molecule has 1 aliphatic carbocycles. The molecule has 1 unspecified atom stereocenters. The Kier molecular flexibility index (Phi) is 5.54. The quantitative estimate of drug-likeness (QED) is 0.588. The Labute approximate surface area is 171 Å². The molecule has 1 amide bonds. The molecule has 8 nitrogen and oxygen atoms in total. The topological polar surface area (TPSA) is 116 Å². The highest BCUT2D eigenvalue weighted by Gasteiger charge is 2.26. The standard InChI is InChI=1S/C21H23FN4O4/c22-14-4-2-12(3-5-14)10-13-11-25-17-18-16(13)23-6-1-8-26(18)21(30)15(19(17)28)20(29)24-7-9-27/h2-4,11,14,23,27-28H,1,5-10H2,(H,24,29). The number of allylic oxidation sites excluding steroid dienone is 4. The highest BCUT2D eigenvalue weighted by molar-refractivity contribution is 6.03. The summed E-state index contributed by atoms with van der Waals surface area (Å²) >= 11 is 0. The summed E-state index contributed by atoms with van der Waals surface area (Å²) in [6, 6.07) is 0. The summed E-state index contributed by atoms with van der Waals surface area (Å²) in [5.41, 5.74) is 2.09. The zero-order chi connectivity index (χ0) is 21.3. The van der Waals surface area contributed by atoms with Crippen molar-refractivity contribution in [1.82, 2.24) is 14.9 Å². The minimum Gasteiger partial charge on any atom is -0.505 e. The summed E-state index contributed by atoms with van der Waals surface area (Å²) in [5, 5.41) is 25.4. The van der Waals surface area contributed by atoms with E-state index in [0.717, 1.165) is 11.1 Å². The van der Waals surface area contributed by atoms with E-state index in [0.29, 0.717) is 43.6 Å². The average molecular weight is 414 g/mol. The Balaban J connectivity index is 1.86. The van der Waals surface area contributed by atoms with Crippen molar-refractivity contribution >= 4 is 22.6 Å². The Morgan fingerprint density at radius 2 is 2.27 bits per heavy atom. The van der Waals surface area contributed by atoms with E-state index in [1.807, 2.05) is 6.08 Å². The average Bonchev–Trinajstić information content (AvgIpc) is 2.97. The SMILES string of the molecule is O=C(NCCO)c1c(O)c2ncc(CC3=CCC(F)C=C3)c3c2n(c1=O)CCCN3. The summed E-state index contributed by atoms with van der Waals surface area (Å²) in [4.78, 5) is 29.9. The molecule has 158 valence electrons. The maximum absolute atomic E-state index is 13.4. The molecule has 3 heterocycles. The Hall–Kier alpha value is -3.20. The summed E-state index contributed by atoms with van der Waals surface area (Å²) < 4.78 is 14.8. The first-order valence-electron chi connectivity index (χ1n) is 9.92. The number of nitrogens with zero attached hydrogens (tertiary/aromatic N) is 2. The van der Waals surface area contributed by atoms with Crippen LogP contribution in [0.3, 0.4) is 0 Å². The molecular formula is C21H23FN4O4. The van der Waals surface area contributed by atoms with Gasteiger partial charge < -0.3 is 25.4 Å². The second kappa shape index (κ2) is 8.27. The van der Waals surface area contributed by atoms with Crippen LogP contribution < -0.4 is 16.2 Å². The van der Waals surface area contributed by atoms with Crippen LogP contribution in [-0.2, 0) is 13.0 Å². The number of aryl methyl sites for hydroxylation is 1. The smallest absolute Gasteiger partial charge is 0.267 e. The van der Waals surface area contributed by atoms with E-state index in [2.05, 4.69) is 15.6 Å². The Morgan fingerprint density at radius 1 is 1.43 bits per heavy atom. The Morgan fingerprint density at radius 3 is 3.00 bits per heavy atom. The van der Waals surface area contributed by atoms with Gasteiger partial charge in [-0.3, -0.25) is 14.6 Å². The highest BCUT2D eigenvalue weighted by Crippen LogP contribution is 2.34. The van der Waals surface area contributed by atoms with Crippen molar-refractivity contribution in [3.63, 3.8) is 0 Å². The minimum atomic E-state index is -0.972. The van der Waals surface area contributed by atoms with Crippen molar-refractivity contribution in [2.75, 3.05) is 25.0 Å². The van der Waals surface area contributed by atoms with Crippen molar-refractivity contribution in [3.8, 4) is 5.75 Å². The van der Waals surface area contributed by atoms with Crippen LogP contribution in [0, 0.1) is 0 Å². The molecule has 1 aliphatic heterocycles. The van der Waals surface area contributed by atoms with Crippen LogP contribution in [0.15, 0.2) is 34.8 Å². The van der Waals surface area contributed by atoms with Crippen molar-refractivity contribution in [3.05, 3.63) is 51.5 Å². The normalized spacial score (nSPS) is 17.9. The molecule has 2 aliphatic rings. The maximum atomic E-state index is 13.4. The van der Waals surface area contributed by atoms with E-state index in [1.54, 1.807) is 12.3 Å². The lowest BCUT2D eigenvalue weighted by Gasteiger charge is -2.18. The second-order valence-electron chi connectivity index (χ2n) is 7.36. The van der Waals surface area contributed by atoms with Crippen molar-refractivity contribution in [2.45, 2.75) is 32.0 Å². The number of amides is 1. The fourth-order valence-corrected chi connectivity index (χ4v) is 3.88. The summed E-state index contributed by atoms with van der Waals surface area (Å²) in [5.74, 6) is -1.23. The Bertz CT molecular complexity index is 1120. The van der Waals surface area contributed by atoms with Gasteiger partial charge >= 0.3 is 0 Å². The minimum absolute atomic E-state index is 0.0305. The van der Waals surface area contributed by atoms with Gasteiger partial charge in [0, 0.05) is 44.2 Å². The molecule has 4 N–H and O–H groups in total. The molecule has 0 spiro atoms. The molecule has 0 aromatic carbocycles. The van der Waals surface area contributed by atoms with Gasteiger partial charge in [-0.2, -0.15) is 0 Å². The zero-order valence-electron chi connectivity index (χ0n) is 16.3. The predicted octanol–water partition coefficient (Wildman–Crippen LogP) is 1.41. The van der Waals surface area contributed by atoms with Crippen LogP contribution in [0.5, 0.6) is 5.75 Å². The van der Waals surface area contributed by atoms with Crippen LogP contribution in [0.1, 0.15) is 28.8 Å². The number of hydrogen-bond acceptors (Lipinski definition) is 6.